The average Bonchev–Trinajstić information content (AvgIpc) is 2.68. The lowest BCUT2D eigenvalue weighted by Gasteiger charge is -2.24. The van der Waals surface area contributed by atoms with Gasteiger partial charge >= 0.3 is 0 Å². The number of halogens is 1. The van der Waals surface area contributed by atoms with Crippen LogP contribution in [0.15, 0.2) is 77.8 Å². The summed E-state index contributed by atoms with van der Waals surface area (Å²) in [5.74, 6) is 0. The summed E-state index contributed by atoms with van der Waals surface area (Å²) in [4.78, 5) is 4.17. The molecule has 130 valence electrons. The molecule has 7 heteroatoms. The van der Waals surface area contributed by atoms with E-state index in [1.165, 1.54) is 16.6 Å². The van der Waals surface area contributed by atoms with E-state index in [4.69, 9.17) is 16.9 Å². The zero-order valence-electron chi connectivity index (χ0n) is 13.6. The van der Waals surface area contributed by atoms with Gasteiger partial charge in [0.1, 0.15) is 11.8 Å². The summed E-state index contributed by atoms with van der Waals surface area (Å²) in [5, 5.41) is 9.48. The van der Waals surface area contributed by atoms with Gasteiger partial charge in [0.15, 0.2) is 0 Å². The van der Waals surface area contributed by atoms with Crippen LogP contribution in [0.3, 0.4) is 0 Å². The number of benzene rings is 2. The number of hydrogen-bond donors (Lipinski definition) is 0. The van der Waals surface area contributed by atoms with E-state index in [9.17, 15) is 8.42 Å². The van der Waals surface area contributed by atoms with Gasteiger partial charge in [0.2, 0.25) is 0 Å². The Morgan fingerprint density at radius 1 is 1.00 bits per heavy atom. The van der Waals surface area contributed by atoms with Crippen molar-refractivity contribution in [2.24, 2.45) is 0 Å². The minimum Gasteiger partial charge on any atom is -0.260 e. The molecule has 0 fully saturated rings. The lowest BCUT2D eigenvalue weighted by Crippen LogP contribution is -2.30. The molecule has 0 amide bonds. The maximum Gasteiger partial charge on any atom is 0.264 e. The highest BCUT2D eigenvalue weighted by Gasteiger charge is 2.25. The number of anilines is 1. The molecule has 3 aromatic rings. The van der Waals surface area contributed by atoms with Crippen molar-refractivity contribution < 1.29 is 8.42 Å². The van der Waals surface area contributed by atoms with Crippen molar-refractivity contribution in [1.29, 1.82) is 5.26 Å². The fourth-order valence-corrected chi connectivity index (χ4v) is 3.98. The third-order valence-corrected chi connectivity index (χ3v) is 5.76. The number of nitrogens with zero attached hydrogens (tertiary/aromatic N) is 3. The number of nitriles is 1. The van der Waals surface area contributed by atoms with Crippen LogP contribution >= 0.6 is 11.6 Å². The van der Waals surface area contributed by atoms with Crippen LogP contribution in [0.4, 0.5) is 5.69 Å². The molecule has 0 aliphatic heterocycles. The van der Waals surface area contributed by atoms with E-state index in [-0.39, 0.29) is 17.1 Å². The molecule has 0 atom stereocenters. The van der Waals surface area contributed by atoms with Crippen molar-refractivity contribution in [3.05, 3.63) is 89.2 Å². The van der Waals surface area contributed by atoms with Gasteiger partial charge in [-0.3, -0.25) is 4.31 Å². The summed E-state index contributed by atoms with van der Waals surface area (Å²) in [6.45, 7) is 0.113. The topological polar surface area (TPSA) is 74.1 Å². The molecular weight excluding hydrogens is 370 g/mol. The molecule has 26 heavy (non-hydrogen) atoms. The fraction of sp³-hybridized carbons (Fsp3) is 0.0526. The normalized spacial score (nSPS) is 10.9. The van der Waals surface area contributed by atoms with E-state index in [2.05, 4.69) is 4.98 Å². The molecule has 0 N–H and O–H groups in total. The summed E-state index contributed by atoms with van der Waals surface area (Å²) in [6, 6.07) is 20.1. The second kappa shape index (κ2) is 7.56. The number of sulfonamides is 1. The predicted molar refractivity (Wildman–Crippen MR) is 100 cm³/mol. The number of rotatable bonds is 5. The van der Waals surface area contributed by atoms with Gasteiger partial charge in [-0.1, -0.05) is 41.9 Å². The van der Waals surface area contributed by atoms with Crippen LogP contribution in [0, 0.1) is 11.3 Å². The first-order chi connectivity index (χ1) is 12.5. The monoisotopic (exact) mass is 383 g/mol. The van der Waals surface area contributed by atoms with Crippen LogP contribution in [0.1, 0.15) is 11.3 Å². The molecule has 0 saturated heterocycles. The maximum absolute atomic E-state index is 13.2. The largest absolute Gasteiger partial charge is 0.264 e. The van der Waals surface area contributed by atoms with Gasteiger partial charge in [0.05, 0.1) is 23.3 Å². The van der Waals surface area contributed by atoms with E-state index in [0.717, 1.165) is 5.56 Å². The summed E-state index contributed by atoms with van der Waals surface area (Å²) in [5.41, 5.74) is 1.37. The minimum absolute atomic E-state index is 0.113. The first-order valence-electron chi connectivity index (χ1n) is 7.69. The van der Waals surface area contributed by atoms with Crippen LogP contribution in [0.25, 0.3) is 0 Å². The molecule has 0 unspecified atom stereocenters. The van der Waals surface area contributed by atoms with Crippen LogP contribution in [-0.2, 0) is 16.6 Å². The van der Waals surface area contributed by atoms with Gasteiger partial charge in [0.25, 0.3) is 10.0 Å². The Hall–Kier alpha value is -2.88. The van der Waals surface area contributed by atoms with E-state index < -0.39 is 10.0 Å². The van der Waals surface area contributed by atoms with Gasteiger partial charge in [0, 0.05) is 5.02 Å². The van der Waals surface area contributed by atoms with Crippen LogP contribution in [-0.4, -0.2) is 13.4 Å². The Balaban J connectivity index is 2.06. The van der Waals surface area contributed by atoms with E-state index in [1.54, 1.807) is 60.7 Å². The smallest absolute Gasteiger partial charge is 0.260 e. The molecular formula is C19H14ClN3O2S. The zero-order chi connectivity index (χ0) is 18.6. The molecule has 0 spiro atoms. The third kappa shape index (κ3) is 3.85. The summed E-state index contributed by atoms with van der Waals surface area (Å²) in [6.07, 6.45) is 1.38. The lowest BCUT2D eigenvalue weighted by atomic mass is 10.2. The van der Waals surface area contributed by atoms with Crippen molar-refractivity contribution in [2.75, 3.05) is 4.31 Å². The highest BCUT2D eigenvalue weighted by molar-refractivity contribution is 7.92. The lowest BCUT2D eigenvalue weighted by molar-refractivity contribution is 0.590. The van der Waals surface area contributed by atoms with Gasteiger partial charge in [-0.15, -0.1) is 0 Å². The Labute approximate surface area is 157 Å². The second-order valence-electron chi connectivity index (χ2n) is 5.46. The molecule has 0 aliphatic rings. The molecule has 1 aromatic heterocycles. The summed E-state index contributed by atoms with van der Waals surface area (Å²) < 4.78 is 27.6. The van der Waals surface area contributed by atoms with Crippen molar-refractivity contribution in [3.63, 3.8) is 0 Å². The predicted octanol–water partition coefficient (Wildman–Crippen LogP) is 4.00. The summed E-state index contributed by atoms with van der Waals surface area (Å²) >= 11 is 5.91. The van der Waals surface area contributed by atoms with Crippen LogP contribution in [0.2, 0.25) is 5.02 Å². The minimum atomic E-state index is -3.80. The Morgan fingerprint density at radius 2 is 1.69 bits per heavy atom. The molecule has 5 nitrogen and oxygen atoms in total. The number of aromatic nitrogens is 1. The first kappa shape index (κ1) is 17.9. The fourth-order valence-electron chi connectivity index (χ4n) is 2.39. The molecule has 2 aromatic carbocycles. The third-order valence-electron chi connectivity index (χ3n) is 3.72. The highest BCUT2D eigenvalue weighted by Crippen LogP contribution is 2.26. The van der Waals surface area contributed by atoms with E-state index in [0.29, 0.717) is 10.7 Å². The molecule has 0 radical (unpaired) electrons. The van der Waals surface area contributed by atoms with Crippen molar-refractivity contribution in [1.82, 2.24) is 4.98 Å². The van der Waals surface area contributed by atoms with Gasteiger partial charge < -0.3 is 0 Å². The van der Waals surface area contributed by atoms with Crippen molar-refractivity contribution >= 4 is 27.3 Å². The van der Waals surface area contributed by atoms with Crippen molar-refractivity contribution in [2.45, 2.75) is 11.4 Å². The summed E-state index contributed by atoms with van der Waals surface area (Å²) in [7, 11) is -3.80. The molecule has 1 heterocycles. The van der Waals surface area contributed by atoms with Crippen molar-refractivity contribution in [3.8, 4) is 6.07 Å². The van der Waals surface area contributed by atoms with Gasteiger partial charge in [-0.05, 0) is 42.0 Å². The van der Waals surface area contributed by atoms with Gasteiger partial charge in [-0.2, -0.15) is 5.26 Å². The standard InChI is InChI=1S/C19H14ClN3O2S/c20-16-8-6-15(7-9-16)14-23(18-11-10-17(12-21)22-13-18)26(24,25)19-4-2-1-3-5-19/h1-11,13H,14H2. The van der Waals surface area contributed by atoms with E-state index >= 15 is 0 Å². The van der Waals surface area contributed by atoms with E-state index in [1.807, 2.05) is 6.07 Å². The average molecular weight is 384 g/mol. The molecule has 0 saturated carbocycles. The molecule has 3 rings (SSSR count). The Kier molecular flexibility index (Phi) is 5.21. The molecule has 0 bridgehead atoms. The Morgan fingerprint density at radius 3 is 2.27 bits per heavy atom. The second-order valence-corrected chi connectivity index (χ2v) is 7.76. The Bertz CT molecular complexity index is 1030. The molecule has 0 aliphatic carbocycles. The maximum atomic E-state index is 13.2. The van der Waals surface area contributed by atoms with Crippen LogP contribution in [0.5, 0.6) is 0 Å². The van der Waals surface area contributed by atoms with Gasteiger partial charge in [-0.25, -0.2) is 13.4 Å². The van der Waals surface area contributed by atoms with Crippen LogP contribution < -0.4 is 4.31 Å². The highest BCUT2D eigenvalue weighted by atomic mass is 35.5. The quantitative estimate of drug-likeness (QED) is 0.667. The number of pyridine rings is 1. The number of hydrogen-bond acceptors (Lipinski definition) is 4. The zero-order valence-corrected chi connectivity index (χ0v) is 15.2. The SMILES string of the molecule is N#Cc1ccc(N(Cc2ccc(Cl)cc2)S(=O)(=O)c2ccccc2)cn1. The first-order valence-corrected chi connectivity index (χ1v) is 9.51.